The molecule has 0 spiro atoms. The second-order valence-corrected chi connectivity index (χ2v) is 6.16. The van der Waals surface area contributed by atoms with E-state index in [0.717, 1.165) is 32.0 Å². The molecule has 0 aliphatic carbocycles. The molecule has 1 atom stereocenters. The quantitative estimate of drug-likeness (QED) is 0.911. The third-order valence-electron chi connectivity index (χ3n) is 3.75. The second-order valence-electron chi connectivity index (χ2n) is 6.16. The normalized spacial score (nSPS) is 21.3. The van der Waals surface area contributed by atoms with Gasteiger partial charge in [-0.2, -0.15) is 0 Å². The van der Waals surface area contributed by atoms with Gasteiger partial charge >= 0.3 is 0 Å². The average molecular weight is 269 g/mol. The summed E-state index contributed by atoms with van der Waals surface area (Å²) in [4.78, 5) is 2.12. The van der Waals surface area contributed by atoms with E-state index in [9.17, 15) is 13.9 Å². The summed E-state index contributed by atoms with van der Waals surface area (Å²) in [7, 11) is 0. The van der Waals surface area contributed by atoms with Gasteiger partial charge in [-0.15, -0.1) is 0 Å². The first-order valence-electron chi connectivity index (χ1n) is 6.73. The Kier molecular flexibility index (Phi) is 4.21. The third-order valence-corrected chi connectivity index (χ3v) is 3.75. The van der Waals surface area contributed by atoms with Crippen molar-refractivity contribution >= 4 is 0 Å². The number of β-amino-alcohol motifs (C(OH)–C–C–N with tert-alkyl or cyclic N) is 1. The number of aliphatic hydroxyl groups excluding tert-OH is 1. The summed E-state index contributed by atoms with van der Waals surface area (Å²) in [5.74, 6) is -1.85. The summed E-state index contributed by atoms with van der Waals surface area (Å²) < 4.78 is 26.7. The standard InChI is InChI=1S/C15H21F2NO/c1-15(2)7-4-8-18(10-15)9-13(19)11-5-3-6-12(16)14(11)17/h3,5-6,13,19H,4,7-10H2,1-2H3. The maximum absolute atomic E-state index is 13.6. The number of benzene rings is 1. The van der Waals surface area contributed by atoms with Gasteiger partial charge in [0.15, 0.2) is 11.6 Å². The number of hydrogen-bond donors (Lipinski definition) is 1. The SMILES string of the molecule is CC1(C)CCCN(CC(O)c2cccc(F)c2F)C1. The fourth-order valence-corrected chi connectivity index (χ4v) is 2.82. The van der Waals surface area contributed by atoms with Crippen molar-refractivity contribution in [1.29, 1.82) is 0 Å². The van der Waals surface area contributed by atoms with Gasteiger partial charge in [0.2, 0.25) is 0 Å². The van der Waals surface area contributed by atoms with Gasteiger partial charge < -0.3 is 5.11 Å². The molecule has 1 unspecified atom stereocenters. The van der Waals surface area contributed by atoms with Gasteiger partial charge in [-0.25, -0.2) is 8.78 Å². The summed E-state index contributed by atoms with van der Waals surface area (Å²) in [6.45, 7) is 6.50. The first kappa shape index (κ1) is 14.4. The lowest BCUT2D eigenvalue weighted by Crippen LogP contribution is -2.42. The molecule has 0 aromatic heterocycles. The van der Waals surface area contributed by atoms with Gasteiger partial charge in [-0.3, -0.25) is 4.90 Å². The minimum absolute atomic E-state index is 0.0448. The number of nitrogens with zero attached hydrogens (tertiary/aromatic N) is 1. The van der Waals surface area contributed by atoms with Crippen molar-refractivity contribution < 1.29 is 13.9 Å². The molecule has 1 N–H and O–H groups in total. The maximum atomic E-state index is 13.6. The highest BCUT2D eigenvalue weighted by molar-refractivity contribution is 5.21. The lowest BCUT2D eigenvalue weighted by atomic mass is 9.84. The fourth-order valence-electron chi connectivity index (χ4n) is 2.82. The van der Waals surface area contributed by atoms with Crippen LogP contribution >= 0.6 is 0 Å². The van der Waals surface area contributed by atoms with E-state index in [1.165, 1.54) is 12.1 Å². The monoisotopic (exact) mass is 269 g/mol. The molecule has 1 aliphatic rings. The van der Waals surface area contributed by atoms with Gasteiger partial charge in [-0.1, -0.05) is 26.0 Å². The van der Waals surface area contributed by atoms with Gasteiger partial charge in [0, 0.05) is 18.7 Å². The zero-order valence-electron chi connectivity index (χ0n) is 11.5. The average Bonchev–Trinajstić information content (AvgIpc) is 2.31. The molecular formula is C15H21F2NO. The molecular weight excluding hydrogens is 248 g/mol. The van der Waals surface area contributed by atoms with Gasteiger partial charge in [-0.05, 0) is 30.9 Å². The number of halogens is 2. The van der Waals surface area contributed by atoms with Crippen LogP contribution in [0.4, 0.5) is 8.78 Å². The van der Waals surface area contributed by atoms with E-state index in [1.54, 1.807) is 0 Å². The Balaban J connectivity index is 2.04. The molecule has 4 heteroatoms. The highest BCUT2D eigenvalue weighted by Gasteiger charge is 2.28. The van der Waals surface area contributed by atoms with Crippen LogP contribution in [0.15, 0.2) is 18.2 Å². The molecule has 0 bridgehead atoms. The van der Waals surface area contributed by atoms with Crippen molar-refractivity contribution in [3.8, 4) is 0 Å². The summed E-state index contributed by atoms with van der Waals surface area (Å²) in [6.07, 6.45) is 1.25. The molecule has 2 rings (SSSR count). The Hall–Kier alpha value is -1.00. The van der Waals surface area contributed by atoms with Crippen LogP contribution in [-0.4, -0.2) is 29.6 Å². The Morgan fingerprint density at radius 3 is 2.79 bits per heavy atom. The fraction of sp³-hybridized carbons (Fsp3) is 0.600. The Bertz CT molecular complexity index is 448. The maximum Gasteiger partial charge on any atom is 0.164 e. The van der Waals surface area contributed by atoms with Crippen LogP contribution in [0.1, 0.15) is 38.4 Å². The van der Waals surface area contributed by atoms with E-state index in [-0.39, 0.29) is 11.0 Å². The van der Waals surface area contributed by atoms with Crippen LogP contribution < -0.4 is 0 Å². The number of likely N-dealkylation sites (tertiary alicyclic amines) is 1. The zero-order valence-corrected chi connectivity index (χ0v) is 11.5. The number of piperidine rings is 1. The van der Waals surface area contributed by atoms with Crippen LogP contribution in [0.3, 0.4) is 0 Å². The third kappa shape index (κ3) is 3.51. The molecule has 0 saturated carbocycles. The lowest BCUT2D eigenvalue weighted by Gasteiger charge is -2.38. The summed E-state index contributed by atoms with van der Waals surface area (Å²) in [6, 6.07) is 3.94. The molecule has 1 aromatic rings. The largest absolute Gasteiger partial charge is 0.387 e. The molecule has 2 nitrogen and oxygen atoms in total. The summed E-state index contributed by atoms with van der Waals surface area (Å²) >= 11 is 0. The van der Waals surface area contributed by atoms with Crippen LogP contribution in [0.25, 0.3) is 0 Å². The zero-order chi connectivity index (χ0) is 14.0. The van der Waals surface area contributed by atoms with Crippen LogP contribution in [-0.2, 0) is 0 Å². The van der Waals surface area contributed by atoms with Gasteiger partial charge in [0.1, 0.15) is 0 Å². The Morgan fingerprint density at radius 1 is 1.37 bits per heavy atom. The van der Waals surface area contributed by atoms with Crippen LogP contribution in [0.2, 0.25) is 0 Å². The topological polar surface area (TPSA) is 23.5 Å². The molecule has 1 heterocycles. The smallest absolute Gasteiger partial charge is 0.164 e. The second kappa shape index (κ2) is 5.55. The number of hydrogen-bond acceptors (Lipinski definition) is 2. The van der Waals surface area contributed by atoms with Crippen molar-refractivity contribution in [3.05, 3.63) is 35.4 Å². The number of rotatable bonds is 3. The minimum atomic E-state index is -0.982. The Labute approximate surface area is 113 Å². The van der Waals surface area contributed by atoms with E-state index in [1.807, 2.05) is 0 Å². The molecule has 19 heavy (non-hydrogen) atoms. The van der Waals surface area contributed by atoms with E-state index < -0.39 is 17.7 Å². The minimum Gasteiger partial charge on any atom is -0.387 e. The number of aliphatic hydroxyl groups is 1. The highest BCUT2D eigenvalue weighted by atomic mass is 19.2. The summed E-state index contributed by atoms with van der Waals surface area (Å²) in [5.41, 5.74) is 0.265. The molecule has 0 radical (unpaired) electrons. The first-order valence-corrected chi connectivity index (χ1v) is 6.73. The molecule has 106 valence electrons. The van der Waals surface area contributed by atoms with E-state index in [0.29, 0.717) is 6.54 Å². The van der Waals surface area contributed by atoms with Crippen molar-refractivity contribution in [1.82, 2.24) is 4.90 Å². The van der Waals surface area contributed by atoms with Gasteiger partial charge in [0.05, 0.1) is 6.10 Å². The predicted molar refractivity (Wildman–Crippen MR) is 70.8 cm³/mol. The van der Waals surface area contributed by atoms with Crippen molar-refractivity contribution in [3.63, 3.8) is 0 Å². The Morgan fingerprint density at radius 2 is 2.11 bits per heavy atom. The molecule has 0 amide bonds. The molecule has 1 fully saturated rings. The van der Waals surface area contributed by atoms with E-state index in [4.69, 9.17) is 0 Å². The molecule has 1 aliphatic heterocycles. The predicted octanol–water partition coefficient (Wildman–Crippen LogP) is 3.12. The van der Waals surface area contributed by atoms with E-state index in [2.05, 4.69) is 18.7 Å². The lowest BCUT2D eigenvalue weighted by molar-refractivity contribution is 0.0580. The molecule has 1 aromatic carbocycles. The van der Waals surface area contributed by atoms with Gasteiger partial charge in [0.25, 0.3) is 0 Å². The van der Waals surface area contributed by atoms with Crippen molar-refractivity contribution in [2.24, 2.45) is 5.41 Å². The summed E-state index contributed by atoms with van der Waals surface area (Å²) in [5, 5.41) is 10.1. The first-order chi connectivity index (χ1) is 8.89. The highest BCUT2D eigenvalue weighted by Crippen LogP contribution is 2.30. The van der Waals surface area contributed by atoms with Crippen LogP contribution in [0.5, 0.6) is 0 Å². The van der Waals surface area contributed by atoms with Crippen molar-refractivity contribution in [2.45, 2.75) is 32.8 Å². The van der Waals surface area contributed by atoms with Crippen LogP contribution in [0, 0.1) is 17.0 Å². The molecule has 1 saturated heterocycles. The van der Waals surface area contributed by atoms with Crippen molar-refractivity contribution in [2.75, 3.05) is 19.6 Å². The van der Waals surface area contributed by atoms with E-state index >= 15 is 0 Å².